The maximum Gasteiger partial charge on any atom is 0.0730 e. The average Bonchev–Trinajstić information content (AvgIpc) is 2.62. The van der Waals surface area contributed by atoms with Crippen LogP contribution in [0.3, 0.4) is 0 Å². The van der Waals surface area contributed by atoms with Crippen LogP contribution in [0.2, 0.25) is 0 Å². The first-order chi connectivity index (χ1) is 8.44. The smallest absolute Gasteiger partial charge is 0.0730 e. The monoisotopic (exact) mass is 333 g/mol. The van der Waals surface area contributed by atoms with E-state index in [1.807, 2.05) is 11.3 Å². The van der Waals surface area contributed by atoms with Crippen LogP contribution in [0, 0.1) is 12.3 Å². The fourth-order valence-electron chi connectivity index (χ4n) is 1.80. The molecule has 0 aromatic carbocycles. The summed E-state index contributed by atoms with van der Waals surface area (Å²) in [6.45, 7) is 9.56. The van der Waals surface area contributed by atoms with E-state index in [-0.39, 0.29) is 0 Å². The van der Waals surface area contributed by atoms with Crippen molar-refractivity contribution < 1.29 is 4.74 Å². The van der Waals surface area contributed by atoms with Gasteiger partial charge in [-0.1, -0.05) is 13.8 Å². The highest BCUT2D eigenvalue weighted by Gasteiger charge is 2.17. The standard InChI is InChI=1S/C14H24BrNOS/c1-11-9-12(18-13(11)15)5-6-14(2,3)10-16-7-8-17-4/h9,16H,5-8,10H2,1-4H3. The van der Waals surface area contributed by atoms with E-state index in [4.69, 9.17) is 4.74 Å². The van der Waals surface area contributed by atoms with Gasteiger partial charge >= 0.3 is 0 Å². The molecule has 18 heavy (non-hydrogen) atoms. The molecule has 0 unspecified atom stereocenters. The maximum absolute atomic E-state index is 5.04. The lowest BCUT2D eigenvalue weighted by molar-refractivity contribution is 0.193. The molecular formula is C14H24BrNOS. The molecule has 0 fully saturated rings. The Bertz CT molecular complexity index is 343. The van der Waals surface area contributed by atoms with Gasteiger partial charge < -0.3 is 10.1 Å². The van der Waals surface area contributed by atoms with E-state index >= 15 is 0 Å². The van der Waals surface area contributed by atoms with E-state index in [1.165, 1.54) is 20.6 Å². The second-order valence-electron chi connectivity index (χ2n) is 5.50. The van der Waals surface area contributed by atoms with Crippen molar-refractivity contribution in [1.82, 2.24) is 5.32 Å². The van der Waals surface area contributed by atoms with Gasteiger partial charge in [0.15, 0.2) is 0 Å². The van der Waals surface area contributed by atoms with Gasteiger partial charge in [-0.15, -0.1) is 11.3 Å². The molecule has 2 nitrogen and oxygen atoms in total. The van der Waals surface area contributed by atoms with E-state index in [0.29, 0.717) is 5.41 Å². The summed E-state index contributed by atoms with van der Waals surface area (Å²) < 4.78 is 6.31. The molecule has 0 aliphatic heterocycles. The molecule has 0 saturated carbocycles. The number of hydrogen-bond acceptors (Lipinski definition) is 3. The molecule has 1 rings (SSSR count). The van der Waals surface area contributed by atoms with Crippen LogP contribution in [0.15, 0.2) is 9.85 Å². The van der Waals surface area contributed by atoms with Crippen LogP contribution < -0.4 is 5.32 Å². The summed E-state index contributed by atoms with van der Waals surface area (Å²) in [6, 6.07) is 2.29. The summed E-state index contributed by atoms with van der Waals surface area (Å²) in [7, 11) is 1.74. The van der Waals surface area contributed by atoms with E-state index < -0.39 is 0 Å². The fourth-order valence-corrected chi connectivity index (χ4v) is 3.43. The van der Waals surface area contributed by atoms with Crippen molar-refractivity contribution in [1.29, 1.82) is 0 Å². The zero-order valence-electron chi connectivity index (χ0n) is 11.8. The third kappa shape index (κ3) is 5.83. The summed E-state index contributed by atoms with van der Waals surface area (Å²) in [4.78, 5) is 1.48. The van der Waals surface area contributed by atoms with Crippen LogP contribution in [0.1, 0.15) is 30.7 Å². The van der Waals surface area contributed by atoms with Crippen molar-refractivity contribution in [2.45, 2.75) is 33.6 Å². The van der Waals surface area contributed by atoms with Crippen molar-refractivity contribution in [3.05, 3.63) is 20.3 Å². The van der Waals surface area contributed by atoms with Gasteiger partial charge in [-0.25, -0.2) is 0 Å². The summed E-state index contributed by atoms with van der Waals surface area (Å²) in [5.74, 6) is 0. The average molecular weight is 334 g/mol. The Morgan fingerprint density at radius 2 is 2.17 bits per heavy atom. The van der Waals surface area contributed by atoms with Gasteiger partial charge in [0.1, 0.15) is 0 Å². The predicted molar refractivity (Wildman–Crippen MR) is 83.6 cm³/mol. The minimum atomic E-state index is 0.331. The summed E-state index contributed by atoms with van der Waals surface area (Å²) in [5.41, 5.74) is 1.68. The molecule has 1 N–H and O–H groups in total. The number of aryl methyl sites for hydroxylation is 2. The number of thiophene rings is 1. The lowest BCUT2D eigenvalue weighted by Gasteiger charge is -2.24. The number of hydrogen-bond donors (Lipinski definition) is 1. The number of halogens is 1. The largest absolute Gasteiger partial charge is 0.383 e. The Balaban J connectivity index is 2.31. The summed E-state index contributed by atoms with van der Waals surface area (Å²) in [6.07, 6.45) is 2.37. The van der Waals surface area contributed by atoms with Crippen molar-refractivity contribution in [3.63, 3.8) is 0 Å². The third-order valence-electron chi connectivity index (χ3n) is 3.04. The normalized spacial score (nSPS) is 12.1. The molecule has 0 radical (unpaired) electrons. The third-order valence-corrected chi connectivity index (χ3v) is 5.24. The fraction of sp³-hybridized carbons (Fsp3) is 0.714. The Morgan fingerprint density at radius 3 is 2.72 bits per heavy atom. The Labute approximate surface area is 123 Å². The number of ether oxygens (including phenoxy) is 1. The molecule has 0 aliphatic carbocycles. The van der Waals surface area contributed by atoms with Crippen molar-refractivity contribution in [3.8, 4) is 0 Å². The van der Waals surface area contributed by atoms with Gasteiger partial charge in [-0.3, -0.25) is 0 Å². The van der Waals surface area contributed by atoms with Crippen molar-refractivity contribution in [2.75, 3.05) is 26.8 Å². The number of methoxy groups -OCH3 is 1. The highest BCUT2D eigenvalue weighted by Crippen LogP contribution is 2.30. The minimum Gasteiger partial charge on any atom is -0.383 e. The highest BCUT2D eigenvalue weighted by molar-refractivity contribution is 9.11. The van der Waals surface area contributed by atoms with Crippen LogP contribution in [0.25, 0.3) is 0 Å². The molecule has 0 bridgehead atoms. The first-order valence-corrected chi connectivity index (χ1v) is 8.00. The molecule has 1 aromatic heterocycles. The molecule has 4 heteroatoms. The predicted octanol–water partition coefficient (Wildman–Crippen LogP) is 4.01. The second kappa shape index (κ2) is 7.63. The van der Waals surface area contributed by atoms with Crippen molar-refractivity contribution in [2.24, 2.45) is 5.41 Å². The lowest BCUT2D eigenvalue weighted by atomic mass is 9.87. The maximum atomic E-state index is 5.04. The SMILES string of the molecule is COCCNCC(C)(C)CCc1cc(C)c(Br)s1. The van der Waals surface area contributed by atoms with Crippen molar-refractivity contribution >= 4 is 27.3 Å². The zero-order chi connectivity index (χ0) is 13.6. The van der Waals surface area contributed by atoms with Gasteiger partial charge in [0.05, 0.1) is 10.4 Å². The number of rotatable bonds is 8. The lowest BCUT2D eigenvalue weighted by Crippen LogP contribution is -2.31. The van der Waals surface area contributed by atoms with Gasteiger partial charge in [-0.2, -0.15) is 0 Å². The first-order valence-electron chi connectivity index (χ1n) is 6.39. The molecule has 0 atom stereocenters. The quantitative estimate of drug-likeness (QED) is 0.725. The molecule has 0 saturated heterocycles. The van der Waals surface area contributed by atoms with Crippen LogP contribution in [0.4, 0.5) is 0 Å². The molecule has 0 aliphatic rings. The van der Waals surface area contributed by atoms with E-state index in [0.717, 1.165) is 26.1 Å². The van der Waals surface area contributed by atoms with Gasteiger partial charge in [0, 0.05) is 25.1 Å². The van der Waals surface area contributed by atoms with Crippen LogP contribution in [0.5, 0.6) is 0 Å². The van der Waals surface area contributed by atoms with Gasteiger partial charge in [-0.05, 0) is 52.7 Å². The summed E-state index contributed by atoms with van der Waals surface area (Å²) >= 11 is 5.45. The highest BCUT2D eigenvalue weighted by atomic mass is 79.9. The molecular weight excluding hydrogens is 310 g/mol. The molecule has 0 spiro atoms. The Morgan fingerprint density at radius 1 is 1.44 bits per heavy atom. The van der Waals surface area contributed by atoms with Gasteiger partial charge in [0.2, 0.25) is 0 Å². The molecule has 104 valence electrons. The molecule has 1 aromatic rings. The van der Waals surface area contributed by atoms with Crippen LogP contribution in [-0.4, -0.2) is 26.8 Å². The van der Waals surface area contributed by atoms with E-state index in [2.05, 4.69) is 48.1 Å². The zero-order valence-corrected chi connectivity index (χ0v) is 14.2. The first kappa shape index (κ1) is 16.2. The summed E-state index contributed by atoms with van der Waals surface area (Å²) in [5, 5.41) is 3.45. The molecule has 1 heterocycles. The minimum absolute atomic E-state index is 0.331. The molecule has 0 amide bonds. The Kier molecular flexibility index (Phi) is 6.85. The van der Waals surface area contributed by atoms with E-state index in [9.17, 15) is 0 Å². The second-order valence-corrected chi connectivity index (χ2v) is 7.96. The van der Waals surface area contributed by atoms with Crippen LogP contribution in [-0.2, 0) is 11.2 Å². The van der Waals surface area contributed by atoms with Gasteiger partial charge in [0.25, 0.3) is 0 Å². The van der Waals surface area contributed by atoms with E-state index in [1.54, 1.807) is 7.11 Å². The Hall–Kier alpha value is 0.1000. The topological polar surface area (TPSA) is 21.3 Å². The van der Waals surface area contributed by atoms with Crippen LogP contribution >= 0.6 is 27.3 Å². The number of nitrogens with one attached hydrogen (secondary N) is 1.